The summed E-state index contributed by atoms with van der Waals surface area (Å²) >= 11 is 1.64. The Morgan fingerprint density at radius 3 is 2.43 bits per heavy atom. The molecule has 0 amide bonds. The van der Waals surface area contributed by atoms with E-state index in [0.29, 0.717) is 37.8 Å². The van der Waals surface area contributed by atoms with Gasteiger partial charge in [0.1, 0.15) is 16.5 Å². The summed E-state index contributed by atoms with van der Waals surface area (Å²) in [5, 5.41) is 0.949. The van der Waals surface area contributed by atoms with Crippen LogP contribution in [0.25, 0.3) is 10.2 Å². The van der Waals surface area contributed by atoms with E-state index >= 15 is 0 Å². The first-order chi connectivity index (χ1) is 14.3. The van der Waals surface area contributed by atoms with E-state index < -0.39 is 10.0 Å². The van der Waals surface area contributed by atoms with Crippen LogP contribution < -0.4 is 5.73 Å². The van der Waals surface area contributed by atoms with E-state index in [4.69, 9.17) is 10.7 Å². The van der Waals surface area contributed by atoms with Gasteiger partial charge in [-0.1, -0.05) is 30.3 Å². The fraction of sp³-hybridized carbons (Fsp3) is 0.429. The van der Waals surface area contributed by atoms with E-state index in [1.807, 2.05) is 37.3 Å². The summed E-state index contributed by atoms with van der Waals surface area (Å²) < 4.78 is 27.2. The van der Waals surface area contributed by atoms with Crippen LogP contribution in [0, 0.1) is 13.8 Å². The van der Waals surface area contributed by atoms with Crippen LogP contribution in [0.5, 0.6) is 0 Å². The molecule has 3 heterocycles. The molecule has 1 aromatic carbocycles. The molecule has 1 unspecified atom stereocenters. The largest absolute Gasteiger partial charge is 0.383 e. The molecule has 160 valence electrons. The molecule has 7 nitrogen and oxygen atoms in total. The lowest BCUT2D eigenvalue weighted by Crippen LogP contribution is -2.49. The first-order valence-corrected chi connectivity index (χ1v) is 12.5. The van der Waals surface area contributed by atoms with Gasteiger partial charge in [0.25, 0.3) is 0 Å². The molecule has 2 aromatic heterocycles. The van der Waals surface area contributed by atoms with Gasteiger partial charge in [-0.15, -0.1) is 11.3 Å². The number of nitrogen functional groups attached to an aromatic ring is 1. The SMILES string of the molecule is Cc1sc2nc(C(C)N3CCN(S(=O)(=O)Cc4ccccc4)CC3)nc(N)c2c1C. The Balaban J connectivity index is 1.45. The summed E-state index contributed by atoms with van der Waals surface area (Å²) in [4.78, 5) is 13.7. The minimum absolute atomic E-state index is 0.0293. The predicted octanol–water partition coefficient (Wildman–Crippen LogP) is 3.10. The van der Waals surface area contributed by atoms with Gasteiger partial charge in [0, 0.05) is 31.1 Å². The van der Waals surface area contributed by atoms with Crippen LogP contribution >= 0.6 is 11.3 Å². The van der Waals surface area contributed by atoms with E-state index in [-0.39, 0.29) is 11.8 Å². The van der Waals surface area contributed by atoms with Crippen molar-refractivity contribution in [1.82, 2.24) is 19.2 Å². The van der Waals surface area contributed by atoms with Crippen molar-refractivity contribution in [2.45, 2.75) is 32.6 Å². The number of hydrogen-bond acceptors (Lipinski definition) is 7. The highest BCUT2D eigenvalue weighted by molar-refractivity contribution is 7.88. The molecule has 1 aliphatic rings. The van der Waals surface area contributed by atoms with E-state index in [1.165, 1.54) is 4.88 Å². The van der Waals surface area contributed by atoms with E-state index in [9.17, 15) is 8.42 Å². The minimum atomic E-state index is -3.33. The number of nitrogens with zero attached hydrogens (tertiary/aromatic N) is 4. The van der Waals surface area contributed by atoms with Crippen molar-refractivity contribution in [3.8, 4) is 0 Å². The average Bonchev–Trinajstić information content (AvgIpc) is 3.02. The van der Waals surface area contributed by atoms with Gasteiger partial charge < -0.3 is 5.73 Å². The highest BCUT2D eigenvalue weighted by Crippen LogP contribution is 2.33. The Kier molecular flexibility index (Phi) is 5.80. The molecule has 1 fully saturated rings. The molecule has 0 spiro atoms. The fourth-order valence-electron chi connectivity index (χ4n) is 3.89. The number of aryl methyl sites for hydroxylation is 2. The molecule has 1 atom stereocenters. The summed E-state index contributed by atoms with van der Waals surface area (Å²) in [5.74, 6) is 1.26. The number of thiophene rings is 1. The second-order valence-electron chi connectivity index (χ2n) is 7.78. The number of hydrogen-bond donors (Lipinski definition) is 1. The highest BCUT2D eigenvalue weighted by Gasteiger charge is 2.30. The summed E-state index contributed by atoms with van der Waals surface area (Å²) in [5.41, 5.74) is 8.20. The third kappa shape index (κ3) is 4.07. The van der Waals surface area contributed by atoms with Gasteiger partial charge >= 0.3 is 0 Å². The van der Waals surface area contributed by atoms with Crippen molar-refractivity contribution >= 4 is 37.4 Å². The molecule has 0 aliphatic carbocycles. The Morgan fingerprint density at radius 1 is 1.10 bits per heavy atom. The number of anilines is 1. The molecule has 9 heteroatoms. The maximum atomic E-state index is 12.8. The van der Waals surface area contributed by atoms with Gasteiger partial charge in [-0.05, 0) is 31.9 Å². The third-order valence-corrected chi connectivity index (χ3v) is 8.81. The molecule has 2 N–H and O–H groups in total. The number of sulfonamides is 1. The zero-order valence-corrected chi connectivity index (χ0v) is 19.1. The molecule has 3 aromatic rings. The molecule has 1 saturated heterocycles. The molecule has 0 radical (unpaired) electrons. The van der Waals surface area contributed by atoms with E-state index in [1.54, 1.807) is 15.6 Å². The van der Waals surface area contributed by atoms with Crippen LogP contribution in [-0.2, 0) is 15.8 Å². The van der Waals surface area contributed by atoms with Crippen molar-refractivity contribution in [1.29, 1.82) is 0 Å². The van der Waals surface area contributed by atoms with Crippen LogP contribution in [0.4, 0.5) is 5.82 Å². The Labute approximate surface area is 181 Å². The lowest BCUT2D eigenvalue weighted by Gasteiger charge is -2.36. The van der Waals surface area contributed by atoms with Crippen molar-refractivity contribution < 1.29 is 8.42 Å². The molecule has 1 aliphatic heterocycles. The number of benzene rings is 1. The van der Waals surface area contributed by atoms with E-state index in [2.05, 4.69) is 23.7 Å². The molecule has 0 bridgehead atoms. The fourth-order valence-corrected chi connectivity index (χ4v) is 6.45. The smallest absolute Gasteiger partial charge is 0.218 e. The van der Waals surface area contributed by atoms with Gasteiger partial charge in [-0.3, -0.25) is 4.90 Å². The monoisotopic (exact) mass is 445 g/mol. The molecule has 0 saturated carbocycles. The van der Waals surface area contributed by atoms with Crippen LogP contribution in [0.15, 0.2) is 30.3 Å². The van der Waals surface area contributed by atoms with Gasteiger partial charge in [-0.2, -0.15) is 4.31 Å². The predicted molar refractivity (Wildman–Crippen MR) is 122 cm³/mol. The highest BCUT2D eigenvalue weighted by atomic mass is 32.2. The van der Waals surface area contributed by atoms with Crippen molar-refractivity contribution in [3.63, 3.8) is 0 Å². The normalized spacial score (nSPS) is 17.4. The standard InChI is InChI=1S/C21H27N5O2S2/c1-14-16(3)29-21-18(14)19(22)23-20(24-21)15(2)25-9-11-26(12-10-25)30(27,28)13-17-7-5-4-6-8-17/h4-8,15H,9-13H2,1-3H3,(H2,22,23,24). The zero-order valence-electron chi connectivity index (χ0n) is 17.5. The second kappa shape index (κ2) is 8.22. The van der Waals surface area contributed by atoms with Crippen LogP contribution in [0.2, 0.25) is 0 Å². The Morgan fingerprint density at radius 2 is 1.77 bits per heavy atom. The zero-order chi connectivity index (χ0) is 21.5. The van der Waals surface area contributed by atoms with E-state index in [0.717, 1.165) is 21.3 Å². The second-order valence-corrected chi connectivity index (χ2v) is 11.0. The summed E-state index contributed by atoms with van der Waals surface area (Å²) in [6, 6.07) is 9.29. The lowest BCUT2D eigenvalue weighted by atomic mass is 10.2. The third-order valence-electron chi connectivity index (χ3n) is 5.85. The maximum Gasteiger partial charge on any atom is 0.218 e. The maximum absolute atomic E-state index is 12.8. The van der Waals surface area contributed by atoms with Crippen LogP contribution in [-0.4, -0.2) is 53.8 Å². The van der Waals surface area contributed by atoms with Gasteiger partial charge in [0.2, 0.25) is 10.0 Å². The quantitative estimate of drug-likeness (QED) is 0.649. The number of fused-ring (bicyclic) bond motifs is 1. The minimum Gasteiger partial charge on any atom is -0.383 e. The van der Waals surface area contributed by atoms with Gasteiger partial charge in [-0.25, -0.2) is 18.4 Å². The molecular formula is C21H27N5O2S2. The molecule has 30 heavy (non-hydrogen) atoms. The summed E-state index contributed by atoms with van der Waals surface area (Å²) in [6.45, 7) is 8.38. The van der Waals surface area contributed by atoms with Crippen molar-refractivity contribution in [3.05, 3.63) is 52.2 Å². The van der Waals surface area contributed by atoms with Gasteiger partial charge in [0.05, 0.1) is 17.2 Å². The number of nitrogens with two attached hydrogens (primary N) is 1. The average molecular weight is 446 g/mol. The summed E-state index contributed by atoms with van der Waals surface area (Å²) in [6.07, 6.45) is 0. The van der Waals surface area contributed by atoms with Crippen LogP contribution in [0.1, 0.15) is 34.8 Å². The van der Waals surface area contributed by atoms with Crippen LogP contribution in [0.3, 0.4) is 0 Å². The number of rotatable bonds is 5. The number of aromatic nitrogens is 2. The topological polar surface area (TPSA) is 92.4 Å². The van der Waals surface area contributed by atoms with Crippen molar-refractivity contribution in [2.24, 2.45) is 0 Å². The Hall–Kier alpha value is -2.07. The molecule has 4 rings (SSSR count). The number of piperazine rings is 1. The molecular weight excluding hydrogens is 418 g/mol. The van der Waals surface area contributed by atoms with Gasteiger partial charge in [0.15, 0.2) is 0 Å². The first kappa shape index (κ1) is 21.2. The Bertz CT molecular complexity index is 1150. The van der Waals surface area contributed by atoms with Crippen molar-refractivity contribution in [2.75, 3.05) is 31.9 Å². The lowest BCUT2D eigenvalue weighted by molar-refractivity contribution is 0.141. The first-order valence-electron chi connectivity index (χ1n) is 10.0. The summed E-state index contributed by atoms with van der Waals surface area (Å²) in [7, 11) is -3.33.